The van der Waals surface area contributed by atoms with Crippen LogP contribution in [-0.4, -0.2) is 50.9 Å². The van der Waals surface area contributed by atoms with Gasteiger partial charge in [-0.2, -0.15) is 0 Å². The van der Waals surface area contributed by atoms with Crippen LogP contribution in [0.3, 0.4) is 0 Å². The summed E-state index contributed by atoms with van der Waals surface area (Å²) in [6, 6.07) is 10.7. The molecule has 2 aromatic heterocycles. The van der Waals surface area contributed by atoms with Crippen molar-refractivity contribution in [2.75, 3.05) is 13.1 Å². The first-order chi connectivity index (χ1) is 13.0. The van der Waals surface area contributed by atoms with Crippen LogP contribution < -0.4 is 4.74 Å². The van der Waals surface area contributed by atoms with Crippen LogP contribution in [-0.2, 0) is 0 Å². The first kappa shape index (κ1) is 17.3. The van der Waals surface area contributed by atoms with Crippen molar-refractivity contribution in [2.45, 2.75) is 18.4 Å². The summed E-state index contributed by atoms with van der Waals surface area (Å²) in [5.41, 5.74) is 0.770. The molecule has 0 saturated carbocycles. The first-order valence-corrected chi connectivity index (χ1v) is 8.48. The summed E-state index contributed by atoms with van der Waals surface area (Å²) >= 11 is 0. The van der Waals surface area contributed by atoms with E-state index in [0.717, 1.165) is 5.39 Å². The molecule has 1 aliphatic heterocycles. The van der Waals surface area contributed by atoms with E-state index in [2.05, 4.69) is 15.0 Å². The van der Waals surface area contributed by atoms with Crippen molar-refractivity contribution in [3.8, 4) is 5.88 Å². The van der Waals surface area contributed by atoms with Crippen LogP contribution in [0.25, 0.3) is 10.9 Å². The Labute approximate surface area is 153 Å². The molecular weight excluding hydrogens is 354 g/mol. The highest BCUT2D eigenvalue weighted by Crippen LogP contribution is 2.32. The molecule has 138 valence electrons. The Morgan fingerprint density at radius 1 is 1.19 bits per heavy atom. The van der Waals surface area contributed by atoms with Crippen LogP contribution in [0.4, 0.5) is 8.78 Å². The monoisotopic (exact) mass is 370 g/mol. The van der Waals surface area contributed by atoms with Crippen molar-refractivity contribution in [3.63, 3.8) is 0 Å². The molecule has 1 saturated heterocycles. The Morgan fingerprint density at radius 2 is 2.04 bits per heavy atom. The predicted molar refractivity (Wildman–Crippen MR) is 93.7 cm³/mol. The number of aromatic nitrogens is 3. The topological polar surface area (TPSA) is 68.2 Å². The maximum atomic E-state index is 14.4. The number of carbonyl (C=O) groups is 1. The van der Waals surface area contributed by atoms with Gasteiger partial charge in [0.1, 0.15) is 5.69 Å². The summed E-state index contributed by atoms with van der Waals surface area (Å²) in [5, 5.41) is 0.889. The minimum atomic E-state index is -3.06. The second-order valence-electron chi connectivity index (χ2n) is 6.30. The fourth-order valence-electron chi connectivity index (χ4n) is 3.01. The number of pyridine rings is 1. The lowest BCUT2D eigenvalue weighted by atomic mass is 10.0. The van der Waals surface area contributed by atoms with E-state index in [4.69, 9.17) is 4.74 Å². The smallest absolute Gasteiger partial charge is 0.287 e. The molecule has 8 heteroatoms. The van der Waals surface area contributed by atoms with Gasteiger partial charge >= 0.3 is 0 Å². The second kappa shape index (κ2) is 6.86. The van der Waals surface area contributed by atoms with E-state index in [1.807, 2.05) is 18.2 Å². The summed E-state index contributed by atoms with van der Waals surface area (Å²) < 4.78 is 34.3. The molecule has 0 aliphatic carbocycles. The number of hydrogen-bond acceptors (Lipinski definition) is 5. The molecule has 4 rings (SSSR count). The molecule has 1 amide bonds. The maximum Gasteiger partial charge on any atom is 0.287 e. The Morgan fingerprint density at radius 3 is 2.85 bits per heavy atom. The molecule has 1 fully saturated rings. The summed E-state index contributed by atoms with van der Waals surface area (Å²) in [7, 11) is 0. The van der Waals surface area contributed by atoms with Crippen LogP contribution >= 0.6 is 0 Å². The number of likely N-dealkylation sites (tertiary alicyclic amines) is 1. The fourth-order valence-corrected chi connectivity index (χ4v) is 3.01. The standard InChI is InChI=1S/C19H16F2N4O2/c20-19(21)7-10-25(18(26)15-11-22-8-9-23-15)12-16(19)27-17-6-5-13-3-1-2-4-14(13)24-17/h1-6,8-9,11,16H,7,10,12H2. The first-order valence-electron chi connectivity index (χ1n) is 8.48. The van der Waals surface area contributed by atoms with Gasteiger partial charge in [0.25, 0.3) is 11.8 Å². The number of carbonyl (C=O) groups excluding carboxylic acids is 1. The van der Waals surface area contributed by atoms with E-state index in [0.29, 0.717) is 5.52 Å². The van der Waals surface area contributed by atoms with Crippen LogP contribution in [0.2, 0.25) is 0 Å². The van der Waals surface area contributed by atoms with E-state index < -0.39 is 24.4 Å². The van der Waals surface area contributed by atoms with Crippen molar-refractivity contribution < 1.29 is 18.3 Å². The summed E-state index contributed by atoms with van der Waals surface area (Å²) in [6.07, 6.45) is 2.17. The molecule has 3 heterocycles. The SMILES string of the molecule is O=C(c1cnccn1)N1CCC(F)(F)C(Oc2ccc3ccccc3n2)C1. The average molecular weight is 370 g/mol. The summed E-state index contributed by atoms with van der Waals surface area (Å²) in [5.74, 6) is -3.40. The number of rotatable bonds is 3. The molecule has 0 N–H and O–H groups in total. The average Bonchev–Trinajstić information content (AvgIpc) is 2.69. The van der Waals surface area contributed by atoms with Crippen molar-refractivity contribution in [2.24, 2.45) is 0 Å². The molecule has 1 unspecified atom stereocenters. The Bertz CT molecular complexity index is 968. The van der Waals surface area contributed by atoms with Gasteiger partial charge in [0.05, 0.1) is 18.3 Å². The number of fused-ring (bicyclic) bond motifs is 1. The molecule has 6 nitrogen and oxygen atoms in total. The zero-order valence-electron chi connectivity index (χ0n) is 14.3. The summed E-state index contributed by atoms with van der Waals surface area (Å²) in [6.45, 7) is -0.329. The van der Waals surface area contributed by atoms with E-state index >= 15 is 0 Å². The highest BCUT2D eigenvalue weighted by Gasteiger charge is 2.47. The van der Waals surface area contributed by atoms with Crippen molar-refractivity contribution in [3.05, 3.63) is 60.7 Å². The number of ether oxygens (including phenoxy) is 1. The predicted octanol–water partition coefficient (Wildman–Crippen LogP) is 2.95. The zero-order valence-corrected chi connectivity index (χ0v) is 14.3. The van der Waals surface area contributed by atoms with Gasteiger partial charge in [-0.1, -0.05) is 18.2 Å². The lowest BCUT2D eigenvalue weighted by Gasteiger charge is -2.37. The highest BCUT2D eigenvalue weighted by molar-refractivity contribution is 5.92. The van der Waals surface area contributed by atoms with Crippen LogP contribution in [0, 0.1) is 0 Å². The molecule has 3 aromatic rings. The molecule has 1 aliphatic rings. The number of nitrogens with zero attached hydrogens (tertiary/aromatic N) is 4. The van der Waals surface area contributed by atoms with Crippen LogP contribution in [0.1, 0.15) is 16.9 Å². The van der Waals surface area contributed by atoms with Gasteiger partial charge in [-0.25, -0.2) is 18.7 Å². The van der Waals surface area contributed by atoms with E-state index in [1.54, 1.807) is 18.2 Å². The number of hydrogen-bond donors (Lipinski definition) is 0. The molecule has 0 radical (unpaired) electrons. The van der Waals surface area contributed by atoms with Gasteiger partial charge in [0, 0.05) is 36.8 Å². The van der Waals surface area contributed by atoms with Gasteiger partial charge in [-0.05, 0) is 12.1 Å². The molecule has 0 spiro atoms. The lowest BCUT2D eigenvalue weighted by Crippen LogP contribution is -2.55. The van der Waals surface area contributed by atoms with Gasteiger partial charge in [0.2, 0.25) is 5.88 Å². The molecule has 1 aromatic carbocycles. The Balaban J connectivity index is 1.54. The molecule has 1 atom stereocenters. The Hall–Kier alpha value is -3.16. The molecular formula is C19H16F2N4O2. The van der Waals surface area contributed by atoms with Crippen molar-refractivity contribution >= 4 is 16.8 Å². The number of piperidine rings is 1. The largest absolute Gasteiger partial charge is 0.466 e. The fraction of sp³-hybridized carbons (Fsp3) is 0.263. The minimum absolute atomic E-state index is 0.0760. The maximum absolute atomic E-state index is 14.4. The van der Waals surface area contributed by atoms with Crippen molar-refractivity contribution in [1.82, 2.24) is 19.9 Å². The van der Waals surface area contributed by atoms with Crippen LogP contribution in [0.5, 0.6) is 5.88 Å². The quantitative estimate of drug-likeness (QED) is 0.709. The lowest BCUT2D eigenvalue weighted by molar-refractivity contribution is -0.131. The number of alkyl halides is 2. The number of para-hydroxylation sites is 1. The third kappa shape index (κ3) is 3.55. The van der Waals surface area contributed by atoms with Gasteiger partial charge in [0.15, 0.2) is 6.10 Å². The van der Waals surface area contributed by atoms with E-state index in [9.17, 15) is 13.6 Å². The number of benzene rings is 1. The molecule has 0 bridgehead atoms. The van der Waals surface area contributed by atoms with E-state index in [-0.39, 0.29) is 24.7 Å². The minimum Gasteiger partial charge on any atom is -0.466 e. The molecule has 27 heavy (non-hydrogen) atoms. The number of amides is 1. The van der Waals surface area contributed by atoms with Gasteiger partial charge in [-0.15, -0.1) is 0 Å². The second-order valence-corrected chi connectivity index (χ2v) is 6.30. The zero-order chi connectivity index (χ0) is 18.9. The van der Waals surface area contributed by atoms with Gasteiger partial charge < -0.3 is 9.64 Å². The van der Waals surface area contributed by atoms with Crippen LogP contribution in [0.15, 0.2) is 55.0 Å². The Kier molecular flexibility index (Phi) is 4.39. The van der Waals surface area contributed by atoms with Crippen molar-refractivity contribution in [1.29, 1.82) is 0 Å². The van der Waals surface area contributed by atoms with Gasteiger partial charge in [-0.3, -0.25) is 9.78 Å². The highest BCUT2D eigenvalue weighted by atomic mass is 19.3. The third-order valence-electron chi connectivity index (χ3n) is 4.48. The number of halogens is 2. The normalized spacial score (nSPS) is 19.0. The van der Waals surface area contributed by atoms with E-state index in [1.165, 1.54) is 23.5 Å². The summed E-state index contributed by atoms with van der Waals surface area (Å²) in [4.78, 5) is 25.9. The third-order valence-corrected chi connectivity index (χ3v) is 4.48.